The number of hydrogen-bond donors (Lipinski definition) is 3. The van der Waals surface area contributed by atoms with Crippen molar-refractivity contribution in [2.45, 2.75) is 0 Å². The second-order valence-electron chi connectivity index (χ2n) is 4.24. The van der Waals surface area contributed by atoms with E-state index in [-0.39, 0.29) is 0 Å². The molecule has 3 aromatic heterocycles. The van der Waals surface area contributed by atoms with Crippen molar-refractivity contribution in [3.05, 3.63) is 42.1 Å². The molecule has 0 spiro atoms. The minimum absolute atomic E-state index is 0.740. The van der Waals surface area contributed by atoms with Crippen LogP contribution >= 0.6 is 11.9 Å². The quantitative estimate of drug-likeness (QED) is 0.634. The summed E-state index contributed by atoms with van der Waals surface area (Å²) in [5.41, 5.74) is 2.76. The van der Waals surface area contributed by atoms with E-state index < -0.39 is 0 Å². The van der Waals surface area contributed by atoms with Crippen LogP contribution in [-0.2, 0) is 0 Å². The largest absolute Gasteiger partial charge is 0.331 e. The molecule has 0 saturated heterocycles. The highest BCUT2D eigenvalue weighted by Crippen LogP contribution is 2.25. The fourth-order valence-electron chi connectivity index (χ4n) is 2.10. The van der Waals surface area contributed by atoms with Gasteiger partial charge in [-0.15, -0.1) is 0 Å². The van der Waals surface area contributed by atoms with E-state index >= 15 is 0 Å². The van der Waals surface area contributed by atoms with E-state index in [0.29, 0.717) is 0 Å². The summed E-state index contributed by atoms with van der Waals surface area (Å²) in [4.78, 5) is 8.82. The van der Waals surface area contributed by atoms with Gasteiger partial charge in [-0.3, -0.25) is 14.2 Å². The van der Waals surface area contributed by atoms with Crippen LogP contribution in [0, 0.1) is 0 Å². The number of H-pyrrole nitrogens is 1. The zero-order valence-electron chi connectivity index (χ0n) is 10.4. The molecule has 3 aromatic rings. The number of anilines is 1. The van der Waals surface area contributed by atoms with E-state index in [0.717, 1.165) is 34.3 Å². The van der Waals surface area contributed by atoms with Crippen LogP contribution in [0.25, 0.3) is 16.9 Å². The van der Waals surface area contributed by atoms with Gasteiger partial charge in [0.1, 0.15) is 0 Å². The zero-order valence-corrected chi connectivity index (χ0v) is 11.2. The first kappa shape index (κ1) is 11.5. The first-order valence-corrected chi connectivity index (χ1v) is 6.91. The summed E-state index contributed by atoms with van der Waals surface area (Å²) in [6, 6.07) is 0. The highest BCUT2D eigenvalue weighted by molar-refractivity contribution is 8.01. The number of hydrogen-bond acceptors (Lipinski definition) is 6. The number of imidazole rings is 1. The highest BCUT2D eigenvalue weighted by atomic mass is 32.2. The normalized spacial score (nSPS) is 14.7. The van der Waals surface area contributed by atoms with Gasteiger partial charge in [-0.1, -0.05) is 0 Å². The Morgan fingerprint density at radius 2 is 2.30 bits per heavy atom. The maximum atomic E-state index is 4.46. The summed E-state index contributed by atoms with van der Waals surface area (Å²) in [5, 5.41) is 11.1. The molecule has 7 nitrogen and oxygen atoms in total. The topological polar surface area (TPSA) is 82.9 Å². The molecule has 4 heterocycles. The second-order valence-corrected chi connectivity index (χ2v) is 5.18. The number of aromatic amines is 1. The molecular weight excluding hydrogens is 274 g/mol. The average molecular weight is 285 g/mol. The SMILES string of the molecule is C1=C(Nc2nccn3c(-c4cn[nH]c4)cnc23)SNC1. The first-order chi connectivity index (χ1) is 9.92. The van der Waals surface area contributed by atoms with Gasteiger partial charge in [-0.2, -0.15) is 5.10 Å². The highest BCUT2D eigenvalue weighted by Gasteiger charge is 2.13. The molecule has 0 aliphatic carbocycles. The fourth-order valence-corrected chi connectivity index (χ4v) is 2.74. The third-order valence-corrected chi connectivity index (χ3v) is 3.82. The molecule has 0 unspecified atom stereocenters. The summed E-state index contributed by atoms with van der Waals surface area (Å²) in [7, 11) is 0. The molecule has 1 aliphatic rings. The van der Waals surface area contributed by atoms with Gasteiger partial charge < -0.3 is 5.32 Å². The van der Waals surface area contributed by atoms with Crippen LogP contribution in [0.4, 0.5) is 5.82 Å². The van der Waals surface area contributed by atoms with Gasteiger partial charge in [0.05, 0.1) is 23.1 Å². The van der Waals surface area contributed by atoms with E-state index in [9.17, 15) is 0 Å². The van der Waals surface area contributed by atoms with Gasteiger partial charge in [0.2, 0.25) is 0 Å². The Bertz CT molecular complexity index is 774. The van der Waals surface area contributed by atoms with Gasteiger partial charge >= 0.3 is 0 Å². The maximum Gasteiger partial charge on any atom is 0.180 e. The number of aromatic nitrogens is 5. The molecule has 20 heavy (non-hydrogen) atoms. The van der Waals surface area contributed by atoms with E-state index in [1.165, 1.54) is 0 Å². The van der Waals surface area contributed by atoms with Gasteiger partial charge in [-0.05, 0) is 18.0 Å². The van der Waals surface area contributed by atoms with Crippen LogP contribution in [0.5, 0.6) is 0 Å². The van der Waals surface area contributed by atoms with Crippen LogP contribution in [0.2, 0.25) is 0 Å². The first-order valence-electron chi connectivity index (χ1n) is 6.10. The summed E-state index contributed by atoms with van der Waals surface area (Å²) in [6.45, 7) is 0.852. The van der Waals surface area contributed by atoms with E-state index in [1.807, 2.05) is 23.0 Å². The molecule has 0 saturated carbocycles. The van der Waals surface area contributed by atoms with Gasteiger partial charge in [0.25, 0.3) is 0 Å². The second kappa shape index (κ2) is 4.66. The number of fused-ring (bicyclic) bond motifs is 1. The van der Waals surface area contributed by atoms with Gasteiger partial charge in [-0.25, -0.2) is 9.97 Å². The maximum absolute atomic E-state index is 4.46. The van der Waals surface area contributed by atoms with Crippen molar-refractivity contribution in [2.24, 2.45) is 0 Å². The summed E-state index contributed by atoms with van der Waals surface area (Å²) in [5.74, 6) is 0.740. The number of nitrogens with zero attached hydrogens (tertiary/aromatic N) is 4. The van der Waals surface area contributed by atoms with Crippen molar-refractivity contribution in [3.8, 4) is 11.3 Å². The lowest BCUT2D eigenvalue weighted by atomic mass is 10.3. The fraction of sp³-hybridized carbons (Fsp3) is 0.0833. The van der Waals surface area contributed by atoms with Crippen LogP contribution < -0.4 is 10.0 Å². The molecule has 0 atom stereocenters. The van der Waals surface area contributed by atoms with Crippen LogP contribution in [0.3, 0.4) is 0 Å². The Balaban J connectivity index is 1.79. The standard InChI is InChI=1S/C12H11N7S/c1-2-17-20-10(1)18-11-12-14-7-9(8-5-15-16-6-8)19(12)4-3-13-11/h1,3-7,17H,2H2,(H,13,18)(H,15,16). The molecular formula is C12H11N7S. The molecule has 1 aliphatic heterocycles. The third kappa shape index (κ3) is 1.86. The minimum atomic E-state index is 0.740. The number of rotatable bonds is 3. The average Bonchev–Trinajstić information content (AvgIpc) is 3.20. The molecule has 0 amide bonds. The Kier molecular flexibility index (Phi) is 2.68. The Labute approximate surface area is 118 Å². The van der Waals surface area contributed by atoms with Crippen LogP contribution in [0.1, 0.15) is 0 Å². The van der Waals surface area contributed by atoms with Crippen LogP contribution in [-0.4, -0.2) is 31.1 Å². The molecule has 100 valence electrons. The smallest absolute Gasteiger partial charge is 0.180 e. The van der Waals surface area contributed by atoms with Crippen molar-refractivity contribution in [2.75, 3.05) is 11.9 Å². The molecule has 0 radical (unpaired) electrons. The van der Waals surface area contributed by atoms with E-state index in [2.05, 4.69) is 36.3 Å². The molecule has 3 N–H and O–H groups in total. The van der Waals surface area contributed by atoms with Crippen molar-refractivity contribution in [1.29, 1.82) is 0 Å². The van der Waals surface area contributed by atoms with Gasteiger partial charge in [0.15, 0.2) is 11.5 Å². The molecule has 0 bridgehead atoms. The predicted molar refractivity (Wildman–Crippen MR) is 77.9 cm³/mol. The molecule has 4 rings (SSSR count). The molecule has 8 heteroatoms. The number of nitrogens with one attached hydrogen (secondary N) is 3. The predicted octanol–water partition coefficient (Wildman–Crippen LogP) is 1.62. The Morgan fingerprint density at radius 3 is 3.10 bits per heavy atom. The molecule has 0 aromatic carbocycles. The summed E-state index contributed by atoms with van der Waals surface area (Å²) < 4.78 is 5.16. The van der Waals surface area contributed by atoms with Crippen molar-refractivity contribution >= 4 is 23.4 Å². The summed E-state index contributed by atoms with van der Waals surface area (Å²) in [6.07, 6.45) is 11.2. The van der Waals surface area contributed by atoms with Crippen molar-refractivity contribution < 1.29 is 0 Å². The lowest BCUT2D eigenvalue weighted by Crippen LogP contribution is -2.01. The molecule has 0 fully saturated rings. The van der Waals surface area contributed by atoms with Crippen molar-refractivity contribution in [1.82, 2.24) is 29.3 Å². The van der Waals surface area contributed by atoms with E-state index in [4.69, 9.17) is 0 Å². The van der Waals surface area contributed by atoms with Crippen molar-refractivity contribution in [3.63, 3.8) is 0 Å². The monoisotopic (exact) mass is 285 g/mol. The third-order valence-electron chi connectivity index (χ3n) is 3.02. The van der Waals surface area contributed by atoms with Gasteiger partial charge in [0, 0.05) is 30.7 Å². The summed E-state index contributed by atoms with van der Waals surface area (Å²) >= 11 is 1.56. The Hall–Kier alpha value is -2.32. The lowest BCUT2D eigenvalue weighted by molar-refractivity contribution is 1.09. The zero-order chi connectivity index (χ0) is 13.4. The lowest BCUT2D eigenvalue weighted by Gasteiger charge is -2.06. The van der Waals surface area contributed by atoms with Crippen LogP contribution in [0.15, 0.2) is 42.1 Å². The minimum Gasteiger partial charge on any atom is -0.331 e. The van der Waals surface area contributed by atoms with E-state index in [1.54, 1.807) is 24.3 Å². The Morgan fingerprint density at radius 1 is 1.30 bits per heavy atom.